The third kappa shape index (κ3) is 4.59. The number of aromatic nitrogens is 2. The van der Waals surface area contributed by atoms with Gasteiger partial charge >= 0.3 is 0 Å². The highest BCUT2D eigenvalue weighted by Gasteiger charge is 2.33. The number of nitrogens with zero attached hydrogens (tertiary/aromatic N) is 4. The van der Waals surface area contributed by atoms with Gasteiger partial charge in [-0.05, 0) is 43.2 Å². The maximum Gasteiger partial charge on any atom is 0.252 e. The molecule has 2 fully saturated rings. The molecule has 0 spiro atoms. The lowest BCUT2D eigenvalue weighted by atomic mass is 9.96. The summed E-state index contributed by atoms with van der Waals surface area (Å²) in [6.45, 7) is 2.34. The highest BCUT2D eigenvalue weighted by molar-refractivity contribution is 7.91. The number of carbonyl (C=O) groups is 1. The number of anilines is 1. The first-order chi connectivity index (χ1) is 14.0. The van der Waals surface area contributed by atoms with Gasteiger partial charge in [-0.25, -0.2) is 18.4 Å². The number of hydrogen-bond acceptors (Lipinski definition) is 7. The molecule has 2 aliphatic rings. The molecule has 156 valence electrons. The fourth-order valence-corrected chi connectivity index (χ4v) is 6.56. The van der Waals surface area contributed by atoms with E-state index >= 15 is 0 Å². The van der Waals surface area contributed by atoms with Gasteiger partial charge in [-0.2, -0.15) is 4.31 Å². The van der Waals surface area contributed by atoms with Crippen molar-refractivity contribution in [1.82, 2.24) is 19.6 Å². The zero-order chi connectivity index (χ0) is 20.3. The van der Waals surface area contributed by atoms with Crippen LogP contribution < -0.4 is 10.2 Å². The molecule has 2 aromatic rings. The normalized spacial score (nSPS) is 21.8. The second kappa shape index (κ2) is 8.76. The molecule has 1 N–H and O–H groups in total. The average Bonchev–Trinajstić information content (AvgIpc) is 3.31. The van der Waals surface area contributed by atoms with Gasteiger partial charge in [-0.3, -0.25) is 4.79 Å². The van der Waals surface area contributed by atoms with Gasteiger partial charge in [0.25, 0.3) is 10.0 Å². The standard InChI is InChI=1S/C19H25N5O3S2/c25-18(22-16-4-1-10-23(14-16)19-20-8-3-9-21-19)15-6-11-24(12-7-15)29(26,27)17-5-2-13-28-17/h2-3,5,8-9,13,15-16H,1,4,6-7,10-12,14H2,(H,22,25). The Bertz CT molecular complexity index is 913. The largest absolute Gasteiger partial charge is 0.351 e. The van der Waals surface area contributed by atoms with E-state index in [1.165, 1.54) is 15.6 Å². The molecule has 2 saturated heterocycles. The number of hydrogen-bond donors (Lipinski definition) is 1. The van der Waals surface area contributed by atoms with Crippen molar-refractivity contribution in [2.75, 3.05) is 31.1 Å². The predicted molar refractivity (Wildman–Crippen MR) is 111 cm³/mol. The fourth-order valence-electron chi connectivity index (χ4n) is 3.95. The van der Waals surface area contributed by atoms with Crippen LogP contribution in [0.4, 0.5) is 5.95 Å². The summed E-state index contributed by atoms with van der Waals surface area (Å²) in [7, 11) is -3.43. The Labute approximate surface area is 175 Å². The summed E-state index contributed by atoms with van der Waals surface area (Å²) in [4.78, 5) is 23.5. The van der Waals surface area contributed by atoms with E-state index in [4.69, 9.17) is 0 Å². The van der Waals surface area contributed by atoms with Crippen LogP contribution in [-0.4, -0.2) is 60.8 Å². The smallest absolute Gasteiger partial charge is 0.252 e. The second-order valence-electron chi connectivity index (χ2n) is 7.45. The summed E-state index contributed by atoms with van der Waals surface area (Å²) in [5.41, 5.74) is 0. The van der Waals surface area contributed by atoms with Crippen molar-refractivity contribution < 1.29 is 13.2 Å². The Morgan fingerprint density at radius 2 is 1.86 bits per heavy atom. The molecule has 4 heterocycles. The molecule has 1 atom stereocenters. The molecule has 1 unspecified atom stereocenters. The van der Waals surface area contributed by atoms with E-state index in [2.05, 4.69) is 20.2 Å². The number of rotatable bonds is 5. The minimum atomic E-state index is -3.43. The van der Waals surface area contributed by atoms with E-state index < -0.39 is 10.0 Å². The Morgan fingerprint density at radius 1 is 1.10 bits per heavy atom. The minimum Gasteiger partial charge on any atom is -0.351 e. The van der Waals surface area contributed by atoms with Gasteiger partial charge < -0.3 is 10.2 Å². The van der Waals surface area contributed by atoms with E-state index in [0.29, 0.717) is 42.6 Å². The molecule has 0 aromatic carbocycles. The molecule has 1 amide bonds. The maximum absolute atomic E-state index is 12.8. The fraction of sp³-hybridized carbons (Fsp3) is 0.526. The number of piperidine rings is 2. The van der Waals surface area contributed by atoms with Gasteiger partial charge in [-0.15, -0.1) is 11.3 Å². The molecular formula is C19H25N5O3S2. The topological polar surface area (TPSA) is 95.5 Å². The van der Waals surface area contributed by atoms with Gasteiger partial charge in [0.15, 0.2) is 0 Å². The first-order valence-corrected chi connectivity index (χ1v) is 12.2. The van der Waals surface area contributed by atoms with Crippen molar-refractivity contribution in [2.24, 2.45) is 5.92 Å². The van der Waals surface area contributed by atoms with Crippen molar-refractivity contribution in [2.45, 2.75) is 35.9 Å². The molecule has 4 rings (SSSR count). The van der Waals surface area contributed by atoms with Crippen molar-refractivity contribution in [3.8, 4) is 0 Å². The van der Waals surface area contributed by atoms with Crippen molar-refractivity contribution in [1.29, 1.82) is 0 Å². The Balaban J connectivity index is 1.30. The number of carbonyl (C=O) groups excluding carboxylic acids is 1. The first kappa shape index (κ1) is 20.2. The van der Waals surface area contributed by atoms with Crippen LogP contribution in [0.3, 0.4) is 0 Å². The average molecular weight is 436 g/mol. The lowest BCUT2D eigenvalue weighted by Crippen LogP contribution is -2.51. The first-order valence-electron chi connectivity index (χ1n) is 9.90. The number of nitrogens with one attached hydrogen (secondary N) is 1. The SMILES string of the molecule is O=C(NC1CCCN(c2ncccn2)C1)C1CCN(S(=O)(=O)c2cccs2)CC1. The summed E-state index contributed by atoms with van der Waals surface area (Å²) < 4.78 is 27.1. The molecule has 29 heavy (non-hydrogen) atoms. The van der Waals surface area contributed by atoms with Gasteiger partial charge in [-0.1, -0.05) is 6.07 Å². The molecule has 0 radical (unpaired) electrons. The summed E-state index contributed by atoms with van der Waals surface area (Å²) in [5, 5.41) is 4.93. The summed E-state index contributed by atoms with van der Waals surface area (Å²) >= 11 is 1.23. The zero-order valence-electron chi connectivity index (χ0n) is 16.1. The highest BCUT2D eigenvalue weighted by Crippen LogP contribution is 2.26. The highest BCUT2D eigenvalue weighted by atomic mass is 32.2. The van der Waals surface area contributed by atoms with Crippen molar-refractivity contribution in [3.63, 3.8) is 0 Å². The lowest BCUT2D eigenvalue weighted by Gasteiger charge is -2.35. The monoisotopic (exact) mass is 435 g/mol. The zero-order valence-corrected chi connectivity index (χ0v) is 17.7. The molecular weight excluding hydrogens is 410 g/mol. The number of amides is 1. The van der Waals surface area contributed by atoms with E-state index in [9.17, 15) is 13.2 Å². The summed E-state index contributed by atoms with van der Waals surface area (Å²) in [6, 6.07) is 5.22. The van der Waals surface area contributed by atoms with Crippen LogP contribution in [0.1, 0.15) is 25.7 Å². The minimum absolute atomic E-state index is 0.0269. The van der Waals surface area contributed by atoms with E-state index in [1.807, 2.05) is 0 Å². The van der Waals surface area contributed by atoms with Crippen LogP contribution >= 0.6 is 11.3 Å². The van der Waals surface area contributed by atoms with Gasteiger partial charge in [0.2, 0.25) is 11.9 Å². The third-order valence-corrected chi connectivity index (χ3v) is 8.79. The molecule has 0 aliphatic carbocycles. The molecule has 0 bridgehead atoms. The second-order valence-corrected chi connectivity index (χ2v) is 10.6. The predicted octanol–water partition coefficient (Wildman–Crippen LogP) is 1.72. The Morgan fingerprint density at radius 3 is 2.55 bits per heavy atom. The van der Waals surface area contributed by atoms with Crippen LogP contribution in [0.5, 0.6) is 0 Å². The molecule has 2 aliphatic heterocycles. The van der Waals surface area contributed by atoms with E-state index in [1.54, 1.807) is 36.0 Å². The van der Waals surface area contributed by atoms with Crippen LogP contribution in [-0.2, 0) is 14.8 Å². The van der Waals surface area contributed by atoms with E-state index in [0.717, 1.165) is 19.4 Å². The van der Waals surface area contributed by atoms with Crippen LogP contribution in [0, 0.1) is 5.92 Å². The molecule has 8 nitrogen and oxygen atoms in total. The number of thiophene rings is 1. The lowest BCUT2D eigenvalue weighted by molar-refractivity contribution is -0.126. The Hall–Kier alpha value is -2.04. The van der Waals surface area contributed by atoms with Gasteiger partial charge in [0.05, 0.1) is 0 Å². The maximum atomic E-state index is 12.8. The molecule has 10 heteroatoms. The quantitative estimate of drug-likeness (QED) is 0.768. The van der Waals surface area contributed by atoms with Crippen LogP contribution in [0.15, 0.2) is 40.2 Å². The summed E-state index contributed by atoms with van der Waals surface area (Å²) in [6.07, 6.45) is 6.45. The van der Waals surface area contributed by atoms with E-state index in [-0.39, 0.29) is 17.9 Å². The van der Waals surface area contributed by atoms with Crippen LogP contribution in [0.2, 0.25) is 0 Å². The van der Waals surface area contributed by atoms with Gasteiger partial charge in [0.1, 0.15) is 4.21 Å². The summed E-state index contributed by atoms with van der Waals surface area (Å²) in [5.74, 6) is 0.575. The number of sulfonamides is 1. The third-order valence-electron chi connectivity index (χ3n) is 5.52. The molecule has 2 aromatic heterocycles. The van der Waals surface area contributed by atoms with Crippen LogP contribution in [0.25, 0.3) is 0 Å². The van der Waals surface area contributed by atoms with Crippen molar-refractivity contribution in [3.05, 3.63) is 36.0 Å². The van der Waals surface area contributed by atoms with Gasteiger partial charge in [0, 0.05) is 50.5 Å². The molecule has 0 saturated carbocycles. The van der Waals surface area contributed by atoms with Crippen molar-refractivity contribution >= 4 is 33.2 Å². The Kier molecular flexibility index (Phi) is 6.12.